The minimum atomic E-state index is 0.455. The van der Waals surface area contributed by atoms with E-state index in [1.54, 1.807) is 11.3 Å². The number of aryl methyl sites for hydroxylation is 1. The molecule has 0 saturated carbocycles. The second kappa shape index (κ2) is 5.85. The SMILES string of the molecule is CCc1nc(-c2ccc(N(C)C)cc2)sc1CC#N. The molecule has 98 valence electrons. The summed E-state index contributed by atoms with van der Waals surface area (Å²) in [6.45, 7) is 2.08. The van der Waals surface area contributed by atoms with Gasteiger partial charge in [-0.1, -0.05) is 6.92 Å². The number of aromatic nitrogens is 1. The first-order valence-corrected chi connectivity index (χ1v) is 7.10. The van der Waals surface area contributed by atoms with Crippen LogP contribution >= 0.6 is 11.3 Å². The molecule has 0 aliphatic heterocycles. The Morgan fingerprint density at radius 2 is 1.95 bits per heavy atom. The van der Waals surface area contributed by atoms with E-state index in [-0.39, 0.29) is 0 Å². The van der Waals surface area contributed by atoms with Crippen LogP contribution in [0.25, 0.3) is 10.6 Å². The lowest BCUT2D eigenvalue weighted by atomic mass is 10.2. The normalized spacial score (nSPS) is 10.2. The number of hydrogen-bond donors (Lipinski definition) is 0. The van der Waals surface area contributed by atoms with Gasteiger partial charge in [0.25, 0.3) is 0 Å². The van der Waals surface area contributed by atoms with E-state index in [1.807, 2.05) is 14.1 Å². The molecule has 0 atom stereocenters. The van der Waals surface area contributed by atoms with Gasteiger partial charge in [-0.3, -0.25) is 0 Å². The fraction of sp³-hybridized carbons (Fsp3) is 0.333. The van der Waals surface area contributed by atoms with Crippen LogP contribution in [-0.4, -0.2) is 19.1 Å². The molecular formula is C15H17N3S. The zero-order valence-corrected chi connectivity index (χ0v) is 12.3. The van der Waals surface area contributed by atoms with Gasteiger partial charge in [0.2, 0.25) is 0 Å². The maximum atomic E-state index is 8.84. The van der Waals surface area contributed by atoms with Gasteiger partial charge < -0.3 is 4.90 Å². The molecule has 3 nitrogen and oxygen atoms in total. The summed E-state index contributed by atoms with van der Waals surface area (Å²) in [6, 6.07) is 10.6. The highest BCUT2D eigenvalue weighted by Crippen LogP contribution is 2.29. The first-order valence-electron chi connectivity index (χ1n) is 6.29. The average Bonchev–Trinajstić information content (AvgIpc) is 2.82. The third-order valence-electron chi connectivity index (χ3n) is 2.98. The molecule has 19 heavy (non-hydrogen) atoms. The molecule has 4 heteroatoms. The van der Waals surface area contributed by atoms with Crippen molar-refractivity contribution in [3.63, 3.8) is 0 Å². The van der Waals surface area contributed by atoms with Gasteiger partial charge >= 0.3 is 0 Å². The molecule has 0 unspecified atom stereocenters. The maximum Gasteiger partial charge on any atom is 0.123 e. The van der Waals surface area contributed by atoms with Crippen LogP contribution in [-0.2, 0) is 12.8 Å². The first-order chi connectivity index (χ1) is 9.15. The summed E-state index contributed by atoms with van der Waals surface area (Å²) < 4.78 is 0. The lowest BCUT2D eigenvalue weighted by Gasteiger charge is -2.11. The molecule has 0 bridgehead atoms. The van der Waals surface area contributed by atoms with Gasteiger partial charge in [-0.2, -0.15) is 5.26 Å². The van der Waals surface area contributed by atoms with Crippen LogP contribution in [0.5, 0.6) is 0 Å². The van der Waals surface area contributed by atoms with E-state index in [9.17, 15) is 0 Å². The summed E-state index contributed by atoms with van der Waals surface area (Å²) >= 11 is 1.63. The van der Waals surface area contributed by atoms with Crippen LogP contribution in [0.3, 0.4) is 0 Å². The van der Waals surface area contributed by atoms with E-state index in [0.717, 1.165) is 27.6 Å². The van der Waals surface area contributed by atoms with Crippen LogP contribution in [0.15, 0.2) is 24.3 Å². The molecule has 1 heterocycles. The Bertz CT molecular complexity index is 591. The van der Waals surface area contributed by atoms with Gasteiger partial charge in [-0.25, -0.2) is 4.98 Å². The molecule has 0 fully saturated rings. The van der Waals surface area contributed by atoms with E-state index in [2.05, 4.69) is 47.1 Å². The quantitative estimate of drug-likeness (QED) is 0.854. The third kappa shape index (κ3) is 2.94. The molecule has 1 aromatic heterocycles. The van der Waals surface area contributed by atoms with E-state index in [1.165, 1.54) is 5.69 Å². The maximum absolute atomic E-state index is 8.84. The zero-order chi connectivity index (χ0) is 13.8. The van der Waals surface area contributed by atoms with Crippen molar-refractivity contribution < 1.29 is 0 Å². The average molecular weight is 271 g/mol. The predicted molar refractivity (Wildman–Crippen MR) is 80.6 cm³/mol. The molecule has 0 saturated heterocycles. The van der Waals surface area contributed by atoms with Crippen molar-refractivity contribution >= 4 is 17.0 Å². The third-order valence-corrected chi connectivity index (χ3v) is 4.13. The highest BCUT2D eigenvalue weighted by Gasteiger charge is 2.11. The molecule has 0 spiro atoms. The zero-order valence-electron chi connectivity index (χ0n) is 11.5. The molecule has 2 rings (SSSR count). The number of hydrogen-bond acceptors (Lipinski definition) is 4. The van der Waals surface area contributed by atoms with E-state index in [4.69, 9.17) is 5.26 Å². The number of thiazole rings is 1. The Labute approximate surface area is 118 Å². The summed E-state index contributed by atoms with van der Waals surface area (Å²) in [4.78, 5) is 7.81. The van der Waals surface area contributed by atoms with Crippen molar-refractivity contribution in [2.24, 2.45) is 0 Å². The number of anilines is 1. The van der Waals surface area contributed by atoms with Gasteiger partial charge in [0.05, 0.1) is 18.2 Å². The molecule has 0 N–H and O–H groups in total. The van der Waals surface area contributed by atoms with Crippen molar-refractivity contribution in [3.8, 4) is 16.6 Å². The van der Waals surface area contributed by atoms with Crippen LogP contribution < -0.4 is 4.90 Å². The number of benzene rings is 1. The Balaban J connectivity index is 2.34. The largest absolute Gasteiger partial charge is 0.378 e. The van der Waals surface area contributed by atoms with Gasteiger partial charge in [0, 0.05) is 30.2 Å². The summed E-state index contributed by atoms with van der Waals surface area (Å²) in [6.07, 6.45) is 1.33. The second-order valence-electron chi connectivity index (χ2n) is 4.52. The topological polar surface area (TPSA) is 39.9 Å². The van der Waals surface area contributed by atoms with Gasteiger partial charge in [0.15, 0.2) is 0 Å². The molecule has 1 aromatic carbocycles. The predicted octanol–water partition coefficient (Wildman–Crippen LogP) is 3.50. The van der Waals surface area contributed by atoms with Crippen molar-refractivity contribution in [1.82, 2.24) is 4.98 Å². The lowest BCUT2D eigenvalue weighted by Crippen LogP contribution is -2.07. The Hall–Kier alpha value is -1.86. The summed E-state index contributed by atoms with van der Waals surface area (Å²) in [5.41, 5.74) is 3.35. The summed E-state index contributed by atoms with van der Waals surface area (Å²) in [5.74, 6) is 0. The Morgan fingerprint density at radius 3 is 2.47 bits per heavy atom. The fourth-order valence-corrected chi connectivity index (χ4v) is 2.98. The van der Waals surface area contributed by atoms with Crippen molar-refractivity contribution in [2.45, 2.75) is 19.8 Å². The standard InChI is InChI=1S/C15H17N3S/c1-4-13-14(9-10-16)19-15(17-13)11-5-7-12(8-6-11)18(2)3/h5-8H,4,9H2,1-3H3. The van der Waals surface area contributed by atoms with Crippen LogP contribution in [0.1, 0.15) is 17.5 Å². The van der Waals surface area contributed by atoms with Crippen molar-refractivity contribution in [1.29, 1.82) is 5.26 Å². The molecule has 0 amide bonds. The molecule has 0 aliphatic rings. The Morgan fingerprint density at radius 1 is 1.26 bits per heavy atom. The molecular weight excluding hydrogens is 254 g/mol. The van der Waals surface area contributed by atoms with Gasteiger partial charge in [-0.05, 0) is 30.7 Å². The van der Waals surface area contributed by atoms with Crippen LogP contribution in [0.2, 0.25) is 0 Å². The minimum absolute atomic E-state index is 0.455. The highest BCUT2D eigenvalue weighted by molar-refractivity contribution is 7.15. The van der Waals surface area contributed by atoms with Gasteiger partial charge in [0.1, 0.15) is 5.01 Å². The number of nitrogens with zero attached hydrogens (tertiary/aromatic N) is 3. The summed E-state index contributed by atoms with van der Waals surface area (Å²) in [5, 5.41) is 9.85. The van der Waals surface area contributed by atoms with E-state index < -0.39 is 0 Å². The van der Waals surface area contributed by atoms with E-state index in [0.29, 0.717) is 6.42 Å². The van der Waals surface area contributed by atoms with Crippen LogP contribution in [0, 0.1) is 11.3 Å². The smallest absolute Gasteiger partial charge is 0.123 e. The fourth-order valence-electron chi connectivity index (χ4n) is 1.90. The van der Waals surface area contributed by atoms with Crippen LogP contribution in [0.4, 0.5) is 5.69 Å². The Kier molecular flexibility index (Phi) is 4.18. The van der Waals surface area contributed by atoms with Crippen molar-refractivity contribution in [3.05, 3.63) is 34.8 Å². The molecule has 0 aliphatic carbocycles. The molecule has 2 aromatic rings. The first kappa shape index (κ1) is 13.6. The lowest BCUT2D eigenvalue weighted by molar-refractivity contribution is 1.03. The van der Waals surface area contributed by atoms with Gasteiger partial charge in [-0.15, -0.1) is 11.3 Å². The highest BCUT2D eigenvalue weighted by atomic mass is 32.1. The monoisotopic (exact) mass is 271 g/mol. The summed E-state index contributed by atoms with van der Waals surface area (Å²) in [7, 11) is 4.05. The number of rotatable bonds is 4. The van der Waals surface area contributed by atoms with E-state index >= 15 is 0 Å². The van der Waals surface area contributed by atoms with Crippen molar-refractivity contribution in [2.75, 3.05) is 19.0 Å². The molecule has 0 radical (unpaired) electrons. The second-order valence-corrected chi connectivity index (χ2v) is 5.60. The number of nitriles is 1. The minimum Gasteiger partial charge on any atom is -0.378 e.